The molecule has 0 aromatic carbocycles. The van der Waals surface area contributed by atoms with Crippen LogP contribution in [0.15, 0.2) is 0 Å². The van der Waals surface area contributed by atoms with E-state index in [9.17, 15) is 13.6 Å². The van der Waals surface area contributed by atoms with Crippen LogP contribution in [-0.4, -0.2) is 31.1 Å². The van der Waals surface area contributed by atoms with Crippen molar-refractivity contribution in [2.24, 2.45) is 0 Å². The number of rotatable bonds is 4. The molecule has 1 N–H and O–H groups in total. The van der Waals surface area contributed by atoms with Crippen molar-refractivity contribution >= 4 is 5.97 Å². The van der Waals surface area contributed by atoms with Crippen molar-refractivity contribution in [2.45, 2.75) is 38.2 Å². The Kier molecular flexibility index (Phi) is 3.80. The first-order valence-electron chi connectivity index (χ1n) is 4.83. The molecule has 0 aromatic rings. The summed E-state index contributed by atoms with van der Waals surface area (Å²) in [5, 5.41) is 2.45. The van der Waals surface area contributed by atoms with E-state index in [2.05, 4.69) is 5.32 Å². The third-order valence-corrected chi connectivity index (χ3v) is 2.14. The van der Waals surface area contributed by atoms with Crippen LogP contribution in [0.3, 0.4) is 0 Å². The Morgan fingerprint density at radius 2 is 2.36 bits per heavy atom. The first-order chi connectivity index (χ1) is 6.55. The predicted octanol–water partition coefficient (Wildman–Crippen LogP) is 1.33. The molecule has 0 unspecified atom stereocenters. The second-order valence-corrected chi connectivity index (χ2v) is 3.51. The molecule has 1 atom stereocenters. The quantitative estimate of drug-likeness (QED) is 0.558. The summed E-state index contributed by atoms with van der Waals surface area (Å²) in [7, 11) is 0. The van der Waals surface area contributed by atoms with Crippen molar-refractivity contribution in [3.05, 3.63) is 0 Å². The van der Waals surface area contributed by atoms with Crippen LogP contribution in [0.25, 0.3) is 0 Å². The smallest absolute Gasteiger partial charge is 0.323 e. The number of carbonyl (C=O) groups is 1. The van der Waals surface area contributed by atoms with Gasteiger partial charge in [-0.2, -0.15) is 0 Å². The maximum atomic E-state index is 12.7. The largest absolute Gasteiger partial charge is 0.465 e. The zero-order valence-corrected chi connectivity index (χ0v) is 8.19. The molecule has 5 heteroatoms. The second kappa shape index (κ2) is 4.68. The summed E-state index contributed by atoms with van der Waals surface area (Å²) in [5.41, 5.74) is 0. The average Bonchev–Trinajstić information content (AvgIpc) is 2.46. The number of carbonyl (C=O) groups excluding carboxylic acids is 1. The molecule has 0 saturated carbocycles. The zero-order valence-electron chi connectivity index (χ0n) is 8.19. The topological polar surface area (TPSA) is 38.3 Å². The fourth-order valence-corrected chi connectivity index (χ4v) is 1.30. The van der Waals surface area contributed by atoms with Gasteiger partial charge in [0, 0.05) is 6.42 Å². The monoisotopic (exact) mass is 207 g/mol. The molecule has 14 heavy (non-hydrogen) atoms. The minimum atomic E-state index is -2.77. The van der Waals surface area contributed by atoms with E-state index < -0.39 is 30.9 Å². The van der Waals surface area contributed by atoms with E-state index in [-0.39, 0.29) is 0 Å². The molecule has 0 radical (unpaired) electrons. The Morgan fingerprint density at radius 3 is 2.86 bits per heavy atom. The van der Waals surface area contributed by atoms with Gasteiger partial charge in [-0.1, -0.05) is 13.3 Å². The Hall–Kier alpha value is -0.710. The van der Waals surface area contributed by atoms with Crippen LogP contribution in [0, 0.1) is 0 Å². The molecule has 82 valence electrons. The highest BCUT2D eigenvalue weighted by Gasteiger charge is 2.42. The van der Waals surface area contributed by atoms with Gasteiger partial charge in [0.25, 0.3) is 5.92 Å². The van der Waals surface area contributed by atoms with Gasteiger partial charge in [0.1, 0.15) is 6.04 Å². The van der Waals surface area contributed by atoms with Crippen molar-refractivity contribution in [1.82, 2.24) is 5.32 Å². The summed E-state index contributed by atoms with van der Waals surface area (Å²) in [6.45, 7) is 1.86. The zero-order chi connectivity index (χ0) is 10.6. The fraction of sp³-hybridized carbons (Fsp3) is 0.889. The molecular weight excluding hydrogens is 192 g/mol. The standard InChI is InChI=1S/C9H15F2NO2/c1-2-3-4-14-8(13)7-5-9(10,11)6-12-7/h7,12H,2-6H2,1H3/t7-/m0/s1. The number of hydrogen-bond acceptors (Lipinski definition) is 3. The van der Waals surface area contributed by atoms with Gasteiger partial charge in [-0.25, -0.2) is 8.78 Å². The lowest BCUT2D eigenvalue weighted by molar-refractivity contribution is -0.146. The number of esters is 1. The van der Waals surface area contributed by atoms with E-state index in [4.69, 9.17) is 4.74 Å². The highest BCUT2D eigenvalue weighted by atomic mass is 19.3. The lowest BCUT2D eigenvalue weighted by Gasteiger charge is -2.09. The Labute approximate surface area is 81.8 Å². The van der Waals surface area contributed by atoms with E-state index in [1.165, 1.54) is 0 Å². The average molecular weight is 207 g/mol. The molecule has 1 saturated heterocycles. The van der Waals surface area contributed by atoms with E-state index >= 15 is 0 Å². The summed E-state index contributed by atoms with van der Waals surface area (Å²) < 4.78 is 30.2. The van der Waals surface area contributed by atoms with Gasteiger partial charge in [-0.15, -0.1) is 0 Å². The first-order valence-corrected chi connectivity index (χ1v) is 4.83. The number of ether oxygens (including phenoxy) is 1. The van der Waals surface area contributed by atoms with Crippen molar-refractivity contribution in [1.29, 1.82) is 0 Å². The molecule has 1 aliphatic rings. The third-order valence-electron chi connectivity index (χ3n) is 2.14. The van der Waals surface area contributed by atoms with Gasteiger partial charge in [-0.05, 0) is 6.42 Å². The molecular formula is C9H15F2NO2. The highest BCUT2D eigenvalue weighted by molar-refractivity contribution is 5.76. The Bertz CT molecular complexity index is 209. The molecule has 3 nitrogen and oxygen atoms in total. The molecule has 0 spiro atoms. The second-order valence-electron chi connectivity index (χ2n) is 3.51. The molecule has 0 aromatic heterocycles. The van der Waals surface area contributed by atoms with Crippen LogP contribution >= 0.6 is 0 Å². The van der Waals surface area contributed by atoms with Gasteiger partial charge >= 0.3 is 5.97 Å². The van der Waals surface area contributed by atoms with Crippen molar-refractivity contribution < 1.29 is 18.3 Å². The predicted molar refractivity (Wildman–Crippen MR) is 47.2 cm³/mol. The lowest BCUT2D eigenvalue weighted by atomic mass is 10.2. The van der Waals surface area contributed by atoms with E-state index in [0.29, 0.717) is 6.61 Å². The molecule has 1 heterocycles. The van der Waals surface area contributed by atoms with Crippen LogP contribution in [0.5, 0.6) is 0 Å². The van der Waals surface area contributed by atoms with Crippen LogP contribution in [0.1, 0.15) is 26.2 Å². The first kappa shape index (κ1) is 11.4. The summed E-state index contributed by atoms with van der Waals surface area (Å²) in [6.07, 6.45) is 1.24. The van der Waals surface area contributed by atoms with Crippen LogP contribution in [0.2, 0.25) is 0 Å². The van der Waals surface area contributed by atoms with E-state index in [0.717, 1.165) is 12.8 Å². The summed E-state index contributed by atoms with van der Waals surface area (Å²) in [6, 6.07) is -0.832. The van der Waals surface area contributed by atoms with Crippen molar-refractivity contribution in [3.63, 3.8) is 0 Å². The van der Waals surface area contributed by atoms with E-state index in [1.807, 2.05) is 6.92 Å². The van der Waals surface area contributed by atoms with Crippen LogP contribution in [-0.2, 0) is 9.53 Å². The normalized spacial score (nSPS) is 24.9. The van der Waals surface area contributed by atoms with E-state index in [1.54, 1.807) is 0 Å². The minimum Gasteiger partial charge on any atom is -0.465 e. The summed E-state index contributed by atoms with van der Waals surface area (Å²) in [5.74, 6) is -3.33. The van der Waals surface area contributed by atoms with Gasteiger partial charge in [0.2, 0.25) is 0 Å². The maximum absolute atomic E-state index is 12.7. The number of nitrogens with one attached hydrogen (secondary N) is 1. The summed E-state index contributed by atoms with van der Waals surface area (Å²) in [4.78, 5) is 11.2. The maximum Gasteiger partial charge on any atom is 0.323 e. The van der Waals surface area contributed by atoms with Gasteiger partial charge in [0.15, 0.2) is 0 Å². The Balaban J connectivity index is 2.25. The Morgan fingerprint density at radius 1 is 1.64 bits per heavy atom. The SMILES string of the molecule is CCCCOC(=O)[C@@H]1CC(F)(F)CN1. The van der Waals surface area contributed by atoms with Crippen molar-refractivity contribution in [2.75, 3.05) is 13.2 Å². The van der Waals surface area contributed by atoms with Gasteiger partial charge < -0.3 is 4.74 Å². The third kappa shape index (κ3) is 3.21. The molecule has 0 bridgehead atoms. The highest BCUT2D eigenvalue weighted by Crippen LogP contribution is 2.25. The number of hydrogen-bond donors (Lipinski definition) is 1. The van der Waals surface area contributed by atoms with Crippen LogP contribution < -0.4 is 5.32 Å². The van der Waals surface area contributed by atoms with Gasteiger partial charge in [-0.3, -0.25) is 10.1 Å². The summed E-state index contributed by atoms with van der Waals surface area (Å²) >= 11 is 0. The molecule has 0 amide bonds. The molecule has 1 aliphatic heterocycles. The van der Waals surface area contributed by atoms with Crippen LogP contribution in [0.4, 0.5) is 8.78 Å². The van der Waals surface area contributed by atoms with Crippen molar-refractivity contribution in [3.8, 4) is 0 Å². The molecule has 1 rings (SSSR count). The minimum absolute atomic E-state index is 0.319. The van der Waals surface area contributed by atoms with Gasteiger partial charge in [0.05, 0.1) is 13.2 Å². The number of alkyl halides is 2. The molecule has 1 fully saturated rings. The number of halogens is 2. The lowest BCUT2D eigenvalue weighted by Crippen LogP contribution is -2.32. The number of unbranched alkanes of at least 4 members (excludes halogenated alkanes) is 1. The molecule has 0 aliphatic carbocycles. The fourth-order valence-electron chi connectivity index (χ4n) is 1.30.